The summed E-state index contributed by atoms with van der Waals surface area (Å²) in [6.07, 6.45) is 1.80. The van der Waals surface area contributed by atoms with Gasteiger partial charge in [0.1, 0.15) is 0 Å². The molecule has 0 aromatic carbocycles. The average molecular weight is 156 g/mol. The highest BCUT2D eigenvalue weighted by Gasteiger charge is 2.24. The van der Waals surface area contributed by atoms with Crippen molar-refractivity contribution >= 4 is 5.91 Å². The number of nitrogens with zero attached hydrogens (tertiary/aromatic N) is 2. The fourth-order valence-electron chi connectivity index (χ4n) is 1.44. The molecule has 0 aliphatic carbocycles. The fourth-order valence-corrected chi connectivity index (χ4v) is 1.44. The van der Waals surface area contributed by atoms with Gasteiger partial charge in [0.05, 0.1) is 5.92 Å². The van der Waals surface area contributed by atoms with Gasteiger partial charge in [-0.1, -0.05) is 0 Å². The van der Waals surface area contributed by atoms with Crippen LogP contribution in [0.2, 0.25) is 0 Å². The molecule has 0 saturated carbocycles. The van der Waals surface area contributed by atoms with E-state index < -0.39 is 5.91 Å². The Morgan fingerprint density at radius 2 is 2.36 bits per heavy atom. The lowest BCUT2D eigenvalue weighted by Gasteiger charge is -2.26. The van der Waals surface area contributed by atoms with Gasteiger partial charge in [0.2, 0.25) is 0 Å². The monoisotopic (exact) mass is 156 g/mol. The predicted molar refractivity (Wildman–Crippen MR) is 41.0 cm³/mol. The van der Waals surface area contributed by atoms with Crippen LogP contribution in [0.1, 0.15) is 12.8 Å². The maximum Gasteiger partial charge on any atom is 0.290 e. The molecule has 0 N–H and O–H groups in total. The van der Waals surface area contributed by atoms with Crippen molar-refractivity contribution in [2.45, 2.75) is 12.8 Å². The first-order chi connectivity index (χ1) is 5.24. The van der Waals surface area contributed by atoms with Gasteiger partial charge in [-0.15, -0.1) is 4.91 Å². The molecule has 0 spiro atoms. The minimum Gasteiger partial charge on any atom is -0.306 e. The molecule has 0 aromatic heterocycles. The standard InChI is InChI=1S/C7H12N2O2/c1-9-4-2-3-6(5-9)7(10)8-11/h6H,2-5H2,1H3. The molecule has 0 bridgehead atoms. The number of nitroso groups, excluding NO2 is 1. The van der Waals surface area contributed by atoms with Gasteiger partial charge in [0, 0.05) is 11.7 Å². The van der Waals surface area contributed by atoms with Crippen molar-refractivity contribution < 1.29 is 4.79 Å². The summed E-state index contributed by atoms with van der Waals surface area (Å²) in [5.74, 6) is -0.636. The molecule has 0 aromatic rings. The average Bonchev–Trinajstić information content (AvgIpc) is 2.03. The van der Waals surface area contributed by atoms with Crippen LogP contribution in [0.15, 0.2) is 5.18 Å². The van der Waals surface area contributed by atoms with Gasteiger partial charge in [-0.2, -0.15) is 0 Å². The summed E-state index contributed by atoms with van der Waals surface area (Å²) in [6.45, 7) is 1.70. The summed E-state index contributed by atoms with van der Waals surface area (Å²) in [5, 5.41) is 2.43. The molecule has 1 amide bonds. The van der Waals surface area contributed by atoms with Crippen LogP contribution in [-0.4, -0.2) is 30.9 Å². The molecule has 4 nitrogen and oxygen atoms in total. The zero-order chi connectivity index (χ0) is 8.27. The van der Waals surface area contributed by atoms with Gasteiger partial charge in [-0.3, -0.25) is 4.79 Å². The van der Waals surface area contributed by atoms with E-state index in [1.54, 1.807) is 0 Å². The quantitative estimate of drug-likeness (QED) is 0.523. The van der Waals surface area contributed by atoms with Gasteiger partial charge in [0.15, 0.2) is 0 Å². The number of carbonyl (C=O) groups is 1. The van der Waals surface area contributed by atoms with Crippen molar-refractivity contribution in [3.63, 3.8) is 0 Å². The number of rotatable bonds is 1. The molecule has 1 rings (SSSR count). The smallest absolute Gasteiger partial charge is 0.290 e. The van der Waals surface area contributed by atoms with Crippen LogP contribution in [0.25, 0.3) is 0 Å². The second-order valence-corrected chi connectivity index (χ2v) is 3.03. The molecule has 11 heavy (non-hydrogen) atoms. The SMILES string of the molecule is CN1CCCC(C(=O)N=O)C1. The first kappa shape index (κ1) is 8.33. The zero-order valence-corrected chi connectivity index (χ0v) is 6.62. The third-order valence-corrected chi connectivity index (χ3v) is 2.06. The van der Waals surface area contributed by atoms with E-state index >= 15 is 0 Å². The Kier molecular flexibility index (Phi) is 2.70. The molecule has 1 heterocycles. The first-order valence-electron chi connectivity index (χ1n) is 3.80. The van der Waals surface area contributed by atoms with E-state index in [9.17, 15) is 9.70 Å². The van der Waals surface area contributed by atoms with Crippen molar-refractivity contribution in [1.29, 1.82) is 0 Å². The number of likely N-dealkylation sites (tertiary alicyclic amines) is 1. The topological polar surface area (TPSA) is 49.7 Å². The van der Waals surface area contributed by atoms with Crippen molar-refractivity contribution in [2.75, 3.05) is 20.1 Å². The van der Waals surface area contributed by atoms with E-state index in [2.05, 4.69) is 10.1 Å². The lowest BCUT2D eigenvalue weighted by molar-refractivity contribution is -0.123. The van der Waals surface area contributed by atoms with E-state index in [1.165, 1.54) is 0 Å². The minimum atomic E-state index is -0.489. The van der Waals surface area contributed by atoms with Crippen LogP contribution in [0.3, 0.4) is 0 Å². The second kappa shape index (κ2) is 3.57. The Morgan fingerprint density at radius 1 is 1.64 bits per heavy atom. The summed E-state index contributed by atoms with van der Waals surface area (Å²) < 4.78 is 0. The number of carbonyl (C=O) groups excluding carboxylic acids is 1. The molecule has 1 fully saturated rings. The third-order valence-electron chi connectivity index (χ3n) is 2.06. The highest BCUT2D eigenvalue weighted by molar-refractivity contribution is 5.79. The Morgan fingerprint density at radius 3 is 2.91 bits per heavy atom. The summed E-state index contributed by atoms with van der Waals surface area (Å²) >= 11 is 0. The predicted octanol–water partition coefficient (Wildman–Crippen LogP) is 0.621. The molecule has 4 heteroatoms. The maximum atomic E-state index is 10.8. The maximum absolute atomic E-state index is 10.8. The summed E-state index contributed by atoms with van der Waals surface area (Å²) in [5.41, 5.74) is 0. The van der Waals surface area contributed by atoms with E-state index in [-0.39, 0.29) is 5.92 Å². The van der Waals surface area contributed by atoms with Crippen LogP contribution >= 0.6 is 0 Å². The molecule has 62 valence electrons. The molecule has 0 radical (unpaired) electrons. The molecule has 1 atom stereocenters. The van der Waals surface area contributed by atoms with Crippen molar-refractivity contribution in [1.82, 2.24) is 4.90 Å². The molecule has 1 aliphatic rings. The number of hydrogen-bond acceptors (Lipinski definition) is 3. The lowest BCUT2D eigenvalue weighted by atomic mass is 9.98. The molecule has 1 saturated heterocycles. The van der Waals surface area contributed by atoms with Crippen LogP contribution < -0.4 is 0 Å². The van der Waals surface area contributed by atoms with Gasteiger partial charge < -0.3 is 4.90 Å². The third kappa shape index (κ3) is 2.08. The van der Waals surface area contributed by atoms with Crippen LogP contribution in [0.4, 0.5) is 0 Å². The Hall–Kier alpha value is -0.770. The van der Waals surface area contributed by atoms with Gasteiger partial charge in [0.25, 0.3) is 5.91 Å². The largest absolute Gasteiger partial charge is 0.306 e. The van der Waals surface area contributed by atoms with E-state index in [0.29, 0.717) is 6.54 Å². The highest BCUT2D eigenvalue weighted by Crippen LogP contribution is 2.15. The van der Waals surface area contributed by atoms with Crippen molar-refractivity contribution in [3.05, 3.63) is 4.91 Å². The van der Waals surface area contributed by atoms with E-state index in [4.69, 9.17) is 0 Å². The molecular formula is C7H12N2O2. The van der Waals surface area contributed by atoms with E-state index in [1.807, 2.05) is 7.05 Å². The molecular weight excluding hydrogens is 144 g/mol. The van der Waals surface area contributed by atoms with E-state index in [0.717, 1.165) is 19.4 Å². The zero-order valence-electron chi connectivity index (χ0n) is 6.62. The van der Waals surface area contributed by atoms with Gasteiger partial charge >= 0.3 is 0 Å². The van der Waals surface area contributed by atoms with Crippen LogP contribution in [-0.2, 0) is 4.79 Å². The summed E-state index contributed by atoms with van der Waals surface area (Å²) in [6, 6.07) is 0. The highest BCUT2D eigenvalue weighted by atomic mass is 16.3. The Balaban J connectivity index is 2.45. The van der Waals surface area contributed by atoms with Crippen LogP contribution in [0, 0.1) is 10.8 Å². The lowest BCUT2D eigenvalue weighted by Crippen LogP contribution is -2.35. The Bertz CT molecular complexity index is 170. The summed E-state index contributed by atoms with van der Waals surface area (Å²) in [4.78, 5) is 22.8. The van der Waals surface area contributed by atoms with Gasteiger partial charge in [-0.25, -0.2) is 0 Å². The number of amides is 1. The fraction of sp³-hybridized carbons (Fsp3) is 0.857. The first-order valence-corrected chi connectivity index (χ1v) is 3.80. The molecule has 1 unspecified atom stereocenters. The summed E-state index contributed by atoms with van der Waals surface area (Å²) in [7, 11) is 1.95. The van der Waals surface area contributed by atoms with Gasteiger partial charge in [-0.05, 0) is 26.4 Å². The Labute approximate surface area is 65.5 Å². The molecule has 1 aliphatic heterocycles. The second-order valence-electron chi connectivity index (χ2n) is 3.03. The van der Waals surface area contributed by atoms with Crippen molar-refractivity contribution in [3.8, 4) is 0 Å². The van der Waals surface area contributed by atoms with Crippen molar-refractivity contribution in [2.24, 2.45) is 11.1 Å². The number of hydrogen-bond donors (Lipinski definition) is 0. The van der Waals surface area contributed by atoms with Crippen LogP contribution in [0.5, 0.6) is 0 Å². The minimum absolute atomic E-state index is 0.147. The number of piperidine rings is 1. The normalized spacial score (nSPS) is 26.5.